The van der Waals surface area contributed by atoms with E-state index in [1.54, 1.807) is 24.3 Å². The van der Waals surface area contributed by atoms with Gasteiger partial charge in [-0.05, 0) is 79.8 Å². The van der Waals surface area contributed by atoms with Crippen LogP contribution < -0.4 is 14.2 Å². The van der Waals surface area contributed by atoms with Gasteiger partial charge in [0.2, 0.25) is 5.82 Å². The van der Waals surface area contributed by atoms with Crippen LogP contribution >= 0.6 is 0 Å². The number of benzene rings is 2. The van der Waals surface area contributed by atoms with Gasteiger partial charge in [0.05, 0.1) is 18.8 Å². The second-order valence-corrected chi connectivity index (χ2v) is 13.2. The zero-order valence-electron chi connectivity index (χ0n) is 28.3. The highest BCUT2D eigenvalue weighted by Crippen LogP contribution is 2.47. The van der Waals surface area contributed by atoms with Gasteiger partial charge in [0.15, 0.2) is 11.6 Å². The minimum atomic E-state index is -1.26. The van der Waals surface area contributed by atoms with Crippen molar-refractivity contribution >= 4 is 5.97 Å². The SMILES string of the molecule is CCCCCCCCCCCCOc1ccc(C(=O)Oc2ccc(OCCCC3(C(C)CCC)CCCCC3)cc2)c(F)c1F. The van der Waals surface area contributed by atoms with E-state index < -0.39 is 23.2 Å². The van der Waals surface area contributed by atoms with Gasteiger partial charge < -0.3 is 14.2 Å². The van der Waals surface area contributed by atoms with Gasteiger partial charge in [-0.3, -0.25) is 0 Å². The van der Waals surface area contributed by atoms with Crippen molar-refractivity contribution in [1.29, 1.82) is 0 Å². The summed E-state index contributed by atoms with van der Waals surface area (Å²) in [5.41, 5.74) is -0.0189. The van der Waals surface area contributed by atoms with Gasteiger partial charge in [-0.1, -0.05) is 111 Å². The highest BCUT2D eigenvalue weighted by atomic mass is 19.2. The molecule has 2 aromatic rings. The molecule has 1 aliphatic carbocycles. The topological polar surface area (TPSA) is 44.8 Å². The third-order valence-electron chi connectivity index (χ3n) is 9.76. The lowest BCUT2D eigenvalue weighted by molar-refractivity contribution is 0.0728. The number of hydrogen-bond donors (Lipinski definition) is 0. The molecule has 0 amide bonds. The van der Waals surface area contributed by atoms with Crippen molar-refractivity contribution in [2.45, 2.75) is 143 Å². The van der Waals surface area contributed by atoms with Crippen LogP contribution in [-0.4, -0.2) is 19.2 Å². The van der Waals surface area contributed by atoms with E-state index in [1.807, 2.05) is 0 Å². The molecule has 0 radical (unpaired) electrons. The van der Waals surface area contributed by atoms with E-state index in [4.69, 9.17) is 14.2 Å². The van der Waals surface area contributed by atoms with Crippen molar-refractivity contribution in [2.75, 3.05) is 13.2 Å². The summed E-state index contributed by atoms with van der Waals surface area (Å²) in [6, 6.07) is 9.20. The van der Waals surface area contributed by atoms with E-state index in [2.05, 4.69) is 20.8 Å². The predicted octanol–water partition coefficient (Wildman–Crippen LogP) is 12.0. The molecule has 1 saturated carbocycles. The summed E-state index contributed by atoms with van der Waals surface area (Å²) in [6.45, 7) is 7.87. The van der Waals surface area contributed by atoms with Crippen LogP contribution in [0.3, 0.4) is 0 Å². The van der Waals surface area contributed by atoms with E-state index in [9.17, 15) is 13.6 Å². The zero-order valence-corrected chi connectivity index (χ0v) is 28.3. The Hall–Kier alpha value is -2.63. The Kier molecular flexibility index (Phi) is 16.8. The Labute approximate surface area is 271 Å². The van der Waals surface area contributed by atoms with Gasteiger partial charge in [-0.2, -0.15) is 4.39 Å². The van der Waals surface area contributed by atoms with Gasteiger partial charge in [0, 0.05) is 0 Å². The summed E-state index contributed by atoms with van der Waals surface area (Å²) in [6.07, 6.45) is 23.2. The van der Waals surface area contributed by atoms with Crippen LogP contribution in [0.1, 0.15) is 153 Å². The van der Waals surface area contributed by atoms with Crippen molar-refractivity contribution in [1.82, 2.24) is 0 Å². The molecule has 1 aliphatic rings. The van der Waals surface area contributed by atoms with E-state index in [0.717, 1.165) is 31.6 Å². The first-order valence-corrected chi connectivity index (χ1v) is 18.0. The van der Waals surface area contributed by atoms with Crippen LogP contribution in [0.5, 0.6) is 17.2 Å². The molecular weight excluding hydrogens is 570 g/mol. The first-order chi connectivity index (χ1) is 21.9. The lowest BCUT2D eigenvalue weighted by Crippen LogP contribution is -2.32. The van der Waals surface area contributed by atoms with Crippen LogP contribution in [-0.2, 0) is 0 Å². The van der Waals surface area contributed by atoms with Crippen LogP contribution in [0.25, 0.3) is 0 Å². The first-order valence-electron chi connectivity index (χ1n) is 18.0. The van der Waals surface area contributed by atoms with E-state index in [0.29, 0.717) is 24.4 Å². The van der Waals surface area contributed by atoms with Crippen LogP contribution in [0.2, 0.25) is 0 Å². The Bertz CT molecular complexity index is 1110. The molecule has 4 nitrogen and oxygen atoms in total. The molecule has 1 unspecified atom stereocenters. The van der Waals surface area contributed by atoms with Crippen molar-refractivity contribution in [2.24, 2.45) is 11.3 Å². The lowest BCUT2D eigenvalue weighted by atomic mass is 9.63. The second kappa shape index (κ2) is 20.5. The minimum Gasteiger partial charge on any atom is -0.494 e. The average Bonchev–Trinajstić information content (AvgIpc) is 3.05. The number of rotatable bonds is 22. The number of halogens is 2. The molecule has 252 valence electrons. The van der Waals surface area contributed by atoms with Crippen LogP contribution in [0.4, 0.5) is 8.78 Å². The molecule has 45 heavy (non-hydrogen) atoms. The van der Waals surface area contributed by atoms with Gasteiger partial charge in [0.25, 0.3) is 0 Å². The van der Waals surface area contributed by atoms with E-state index in [-0.39, 0.29) is 11.5 Å². The molecule has 3 rings (SSSR count). The van der Waals surface area contributed by atoms with Crippen molar-refractivity contribution in [3.8, 4) is 17.2 Å². The molecule has 1 atom stereocenters. The van der Waals surface area contributed by atoms with Gasteiger partial charge >= 0.3 is 5.97 Å². The lowest BCUT2D eigenvalue weighted by Gasteiger charge is -2.43. The molecule has 0 heterocycles. The maximum atomic E-state index is 14.8. The number of esters is 1. The van der Waals surface area contributed by atoms with Crippen LogP contribution in [0.15, 0.2) is 36.4 Å². The third kappa shape index (κ3) is 12.2. The summed E-state index contributed by atoms with van der Waals surface area (Å²) in [7, 11) is 0. The summed E-state index contributed by atoms with van der Waals surface area (Å²) in [5.74, 6) is -1.90. The maximum Gasteiger partial charge on any atom is 0.346 e. The second-order valence-electron chi connectivity index (χ2n) is 13.2. The van der Waals surface area contributed by atoms with Crippen molar-refractivity contribution in [3.63, 3.8) is 0 Å². The summed E-state index contributed by atoms with van der Waals surface area (Å²) in [5, 5.41) is 0. The molecule has 1 fully saturated rings. The Balaban J connectivity index is 1.38. The number of hydrogen-bond acceptors (Lipinski definition) is 4. The summed E-state index contributed by atoms with van der Waals surface area (Å²) < 4.78 is 46.2. The van der Waals surface area contributed by atoms with Gasteiger partial charge in [-0.25, -0.2) is 9.18 Å². The minimum absolute atomic E-state index is 0.185. The number of ether oxygens (including phenoxy) is 3. The van der Waals surface area contributed by atoms with E-state index >= 15 is 0 Å². The Morgan fingerprint density at radius 1 is 0.711 bits per heavy atom. The standard InChI is InChI=1S/C39H58F2O4/c1-4-6-7-8-9-10-11-12-13-17-29-44-35-25-24-34(36(40)37(35)41)38(42)45-33-22-20-32(21-23-33)43-30-18-28-39(31(3)19-5-2)26-15-14-16-27-39/h20-25,31H,4-19,26-30H2,1-3H3. The monoisotopic (exact) mass is 628 g/mol. The molecular formula is C39H58F2O4. The smallest absolute Gasteiger partial charge is 0.346 e. The van der Waals surface area contributed by atoms with Crippen molar-refractivity contribution < 1.29 is 27.8 Å². The fourth-order valence-electron chi connectivity index (χ4n) is 6.94. The average molecular weight is 629 g/mol. The van der Waals surface area contributed by atoms with Gasteiger partial charge in [-0.15, -0.1) is 0 Å². The molecule has 0 bridgehead atoms. The number of carbonyl (C=O) groups is 1. The van der Waals surface area contributed by atoms with E-state index in [1.165, 1.54) is 108 Å². The molecule has 6 heteroatoms. The molecule has 0 aromatic heterocycles. The number of unbranched alkanes of at least 4 members (excludes halogenated alkanes) is 9. The van der Waals surface area contributed by atoms with Crippen molar-refractivity contribution in [3.05, 3.63) is 53.6 Å². The number of carbonyl (C=O) groups excluding carboxylic acids is 1. The van der Waals surface area contributed by atoms with Gasteiger partial charge in [0.1, 0.15) is 11.5 Å². The normalized spacial score (nSPS) is 15.0. The zero-order chi connectivity index (χ0) is 32.3. The molecule has 0 aliphatic heterocycles. The fourth-order valence-corrected chi connectivity index (χ4v) is 6.94. The largest absolute Gasteiger partial charge is 0.494 e. The maximum absolute atomic E-state index is 14.8. The summed E-state index contributed by atoms with van der Waals surface area (Å²) >= 11 is 0. The first kappa shape index (κ1) is 36.8. The van der Waals surface area contributed by atoms with Crippen LogP contribution in [0, 0.1) is 23.0 Å². The highest BCUT2D eigenvalue weighted by Gasteiger charge is 2.36. The highest BCUT2D eigenvalue weighted by molar-refractivity contribution is 5.91. The molecule has 0 N–H and O–H groups in total. The third-order valence-corrected chi connectivity index (χ3v) is 9.76. The predicted molar refractivity (Wildman–Crippen MR) is 179 cm³/mol. The summed E-state index contributed by atoms with van der Waals surface area (Å²) in [4.78, 5) is 12.6. The molecule has 0 spiro atoms. The quantitative estimate of drug-likeness (QED) is 0.0739. The fraction of sp³-hybridized carbons (Fsp3) is 0.667. The molecule has 0 saturated heterocycles. The molecule has 2 aromatic carbocycles. The Morgan fingerprint density at radius 3 is 1.96 bits per heavy atom. The Morgan fingerprint density at radius 2 is 1.31 bits per heavy atom.